The Morgan fingerprint density at radius 1 is 1.16 bits per heavy atom. The number of ether oxygens (including phenoxy) is 2. The molecule has 2 heterocycles. The number of nitrogens with zero attached hydrogens (tertiary/aromatic N) is 2. The van der Waals surface area contributed by atoms with Gasteiger partial charge in [0.05, 0.1) is 12.8 Å². The minimum atomic E-state index is -0.483. The van der Waals surface area contributed by atoms with E-state index in [0.717, 1.165) is 0 Å². The third-order valence-corrected chi connectivity index (χ3v) is 2.57. The quantitative estimate of drug-likeness (QED) is 0.788. The van der Waals surface area contributed by atoms with Crippen LogP contribution in [0.5, 0.6) is 5.88 Å². The smallest absolute Gasteiger partial charge is 0.344 e. The molecule has 0 aliphatic carbocycles. The molecule has 98 valence electrons. The standard InChI is InChI=1S/C14H14N2O3/c1-10(12-7-3-4-8-15-12)19-14(17)11-6-5-9-16-13(11)18-2/h3-10H,1-2H3/t10-/m0/s1. The minimum absolute atomic E-state index is 0.251. The molecule has 0 bridgehead atoms. The predicted octanol–water partition coefficient (Wildman–Crippen LogP) is 2.40. The fourth-order valence-electron chi connectivity index (χ4n) is 1.61. The average molecular weight is 258 g/mol. The van der Waals surface area contributed by atoms with Gasteiger partial charge in [-0.05, 0) is 31.2 Å². The van der Waals surface area contributed by atoms with Crippen molar-refractivity contribution < 1.29 is 14.3 Å². The minimum Gasteiger partial charge on any atom is -0.480 e. The van der Waals surface area contributed by atoms with E-state index in [9.17, 15) is 4.79 Å². The molecule has 0 fully saturated rings. The molecule has 5 nitrogen and oxygen atoms in total. The van der Waals surface area contributed by atoms with Crippen LogP contribution in [-0.4, -0.2) is 23.0 Å². The molecular formula is C14H14N2O3. The summed E-state index contributed by atoms with van der Waals surface area (Å²) in [7, 11) is 1.46. The second-order valence-electron chi connectivity index (χ2n) is 3.86. The first-order valence-electron chi connectivity index (χ1n) is 5.83. The molecule has 0 aliphatic rings. The van der Waals surface area contributed by atoms with Crippen molar-refractivity contribution in [3.63, 3.8) is 0 Å². The molecule has 0 aromatic carbocycles. The van der Waals surface area contributed by atoms with Crippen LogP contribution in [0.2, 0.25) is 0 Å². The van der Waals surface area contributed by atoms with Gasteiger partial charge in [-0.15, -0.1) is 0 Å². The van der Waals surface area contributed by atoms with Gasteiger partial charge >= 0.3 is 5.97 Å². The van der Waals surface area contributed by atoms with Crippen molar-refractivity contribution in [2.45, 2.75) is 13.0 Å². The molecule has 5 heteroatoms. The van der Waals surface area contributed by atoms with Crippen LogP contribution < -0.4 is 4.74 Å². The molecule has 0 N–H and O–H groups in total. The zero-order valence-electron chi connectivity index (χ0n) is 10.7. The summed E-state index contributed by atoms with van der Waals surface area (Å²) < 4.78 is 10.4. The molecule has 2 aromatic heterocycles. The number of methoxy groups -OCH3 is 1. The number of esters is 1. The van der Waals surface area contributed by atoms with E-state index in [-0.39, 0.29) is 5.88 Å². The highest BCUT2D eigenvalue weighted by atomic mass is 16.5. The van der Waals surface area contributed by atoms with Crippen LogP contribution in [0.1, 0.15) is 29.1 Å². The summed E-state index contributed by atoms with van der Waals surface area (Å²) in [4.78, 5) is 20.1. The molecular weight excluding hydrogens is 244 g/mol. The Kier molecular flexibility index (Phi) is 4.07. The highest BCUT2D eigenvalue weighted by molar-refractivity contribution is 5.91. The van der Waals surface area contributed by atoms with E-state index < -0.39 is 12.1 Å². The summed E-state index contributed by atoms with van der Waals surface area (Å²) in [5.41, 5.74) is 0.992. The number of pyridine rings is 2. The third kappa shape index (κ3) is 3.07. The number of hydrogen-bond acceptors (Lipinski definition) is 5. The second kappa shape index (κ2) is 5.95. The van der Waals surface area contributed by atoms with Gasteiger partial charge in [-0.2, -0.15) is 0 Å². The van der Waals surface area contributed by atoms with Crippen molar-refractivity contribution >= 4 is 5.97 Å². The van der Waals surface area contributed by atoms with Crippen LogP contribution in [-0.2, 0) is 4.74 Å². The summed E-state index contributed by atoms with van der Waals surface area (Å²) in [6.45, 7) is 1.77. The van der Waals surface area contributed by atoms with Crippen molar-refractivity contribution in [3.05, 3.63) is 54.0 Å². The van der Waals surface area contributed by atoms with Gasteiger partial charge in [-0.25, -0.2) is 9.78 Å². The van der Waals surface area contributed by atoms with Gasteiger partial charge in [-0.1, -0.05) is 6.07 Å². The molecule has 19 heavy (non-hydrogen) atoms. The van der Waals surface area contributed by atoms with Crippen molar-refractivity contribution in [3.8, 4) is 5.88 Å². The van der Waals surface area contributed by atoms with E-state index in [1.807, 2.05) is 12.1 Å². The summed E-state index contributed by atoms with van der Waals surface area (Å²) in [5, 5.41) is 0. The molecule has 0 amide bonds. The maximum Gasteiger partial charge on any atom is 0.344 e. The van der Waals surface area contributed by atoms with Crippen LogP contribution >= 0.6 is 0 Å². The fraction of sp³-hybridized carbons (Fsp3) is 0.214. The molecule has 0 aliphatic heterocycles. The Hall–Kier alpha value is -2.43. The first kappa shape index (κ1) is 13.0. The van der Waals surface area contributed by atoms with Crippen LogP contribution in [0, 0.1) is 0 Å². The normalized spacial score (nSPS) is 11.7. The van der Waals surface area contributed by atoms with Crippen molar-refractivity contribution in [2.24, 2.45) is 0 Å². The number of carbonyl (C=O) groups is 1. The van der Waals surface area contributed by atoms with Gasteiger partial charge in [0.2, 0.25) is 5.88 Å². The summed E-state index contributed by atoms with van der Waals surface area (Å²) in [6, 6.07) is 8.72. The van der Waals surface area contributed by atoms with E-state index in [2.05, 4.69) is 9.97 Å². The lowest BCUT2D eigenvalue weighted by Gasteiger charge is -2.13. The Balaban J connectivity index is 2.13. The second-order valence-corrected chi connectivity index (χ2v) is 3.86. The predicted molar refractivity (Wildman–Crippen MR) is 68.9 cm³/mol. The molecule has 1 atom stereocenters. The van der Waals surface area contributed by atoms with Crippen LogP contribution in [0.15, 0.2) is 42.7 Å². The molecule has 2 rings (SSSR count). The van der Waals surface area contributed by atoms with Crippen molar-refractivity contribution in [1.29, 1.82) is 0 Å². The number of carbonyl (C=O) groups excluding carboxylic acids is 1. The lowest BCUT2D eigenvalue weighted by atomic mass is 10.2. The van der Waals surface area contributed by atoms with E-state index >= 15 is 0 Å². The van der Waals surface area contributed by atoms with E-state index in [1.165, 1.54) is 7.11 Å². The maximum atomic E-state index is 12.0. The lowest BCUT2D eigenvalue weighted by Crippen LogP contribution is -2.11. The number of aromatic nitrogens is 2. The first-order chi connectivity index (χ1) is 9.22. The first-order valence-corrected chi connectivity index (χ1v) is 5.83. The molecule has 0 saturated heterocycles. The topological polar surface area (TPSA) is 61.3 Å². The monoisotopic (exact) mass is 258 g/mol. The maximum absolute atomic E-state index is 12.0. The van der Waals surface area contributed by atoms with Gasteiger partial charge in [-0.3, -0.25) is 4.98 Å². The lowest BCUT2D eigenvalue weighted by molar-refractivity contribution is 0.0325. The van der Waals surface area contributed by atoms with Crippen LogP contribution in [0.4, 0.5) is 0 Å². The number of hydrogen-bond donors (Lipinski definition) is 0. The zero-order chi connectivity index (χ0) is 13.7. The SMILES string of the molecule is COc1ncccc1C(=O)O[C@@H](C)c1ccccn1. The van der Waals surface area contributed by atoms with Crippen LogP contribution in [0.3, 0.4) is 0 Å². The largest absolute Gasteiger partial charge is 0.480 e. The third-order valence-electron chi connectivity index (χ3n) is 2.57. The van der Waals surface area contributed by atoms with Gasteiger partial charge in [0.15, 0.2) is 0 Å². The Bertz CT molecular complexity index is 558. The van der Waals surface area contributed by atoms with Gasteiger partial charge in [0, 0.05) is 12.4 Å². The van der Waals surface area contributed by atoms with E-state index in [0.29, 0.717) is 11.3 Å². The summed E-state index contributed by atoms with van der Waals surface area (Å²) in [5.74, 6) is -0.233. The molecule has 2 aromatic rings. The van der Waals surface area contributed by atoms with Crippen molar-refractivity contribution in [2.75, 3.05) is 7.11 Å². The van der Waals surface area contributed by atoms with Gasteiger partial charge in [0.1, 0.15) is 11.7 Å². The fourth-order valence-corrected chi connectivity index (χ4v) is 1.61. The van der Waals surface area contributed by atoms with E-state index in [1.54, 1.807) is 37.5 Å². The Labute approximate surface area is 111 Å². The number of rotatable bonds is 4. The highest BCUT2D eigenvalue weighted by Crippen LogP contribution is 2.20. The average Bonchev–Trinajstić information content (AvgIpc) is 2.48. The molecule has 0 saturated carbocycles. The molecule has 0 unspecified atom stereocenters. The molecule has 0 radical (unpaired) electrons. The highest BCUT2D eigenvalue weighted by Gasteiger charge is 2.18. The summed E-state index contributed by atoms with van der Waals surface area (Å²) >= 11 is 0. The van der Waals surface area contributed by atoms with E-state index in [4.69, 9.17) is 9.47 Å². The molecule has 0 spiro atoms. The Morgan fingerprint density at radius 3 is 2.63 bits per heavy atom. The van der Waals surface area contributed by atoms with Crippen LogP contribution in [0.25, 0.3) is 0 Å². The van der Waals surface area contributed by atoms with Gasteiger partial charge in [0.25, 0.3) is 0 Å². The van der Waals surface area contributed by atoms with Crippen molar-refractivity contribution in [1.82, 2.24) is 9.97 Å². The zero-order valence-corrected chi connectivity index (χ0v) is 10.7. The van der Waals surface area contributed by atoms with Gasteiger partial charge < -0.3 is 9.47 Å². The summed E-state index contributed by atoms with van der Waals surface area (Å²) in [6.07, 6.45) is 2.78. The Morgan fingerprint density at radius 2 is 1.95 bits per heavy atom.